The molecule has 2 aromatic carbocycles. The van der Waals surface area contributed by atoms with Crippen molar-refractivity contribution in [2.24, 2.45) is 0 Å². The summed E-state index contributed by atoms with van der Waals surface area (Å²) in [6.07, 6.45) is 3.84. The van der Waals surface area contributed by atoms with E-state index < -0.39 is 8.32 Å². The van der Waals surface area contributed by atoms with Crippen molar-refractivity contribution in [2.75, 3.05) is 13.2 Å². The summed E-state index contributed by atoms with van der Waals surface area (Å²) >= 11 is 0. The summed E-state index contributed by atoms with van der Waals surface area (Å²) in [4.78, 5) is 0. The average Bonchev–Trinajstić information content (AvgIpc) is 2.67. The number of hydrogen-bond acceptors (Lipinski definition) is 3. The van der Waals surface area contributed by atoms with E-state index in [1.54, 1.807) is 0 Å². The van der Waals surface area contributed by atoms with Crippen molar-refractivity contribution < 1.29 is 14.6 Å². The molecule has 2 aromatic rings. The summed E-state index contributed by atoms with van der Waals surface area (Å²) < 4.78 is 6.76. The van der Waals surface area contributed by atoms with Crippen molar-refractivity contribution >= 4 is 18.7 Å². The second-order valence-electron chi connectivity index (χ2n) is 7.86. The largest absolute Gasteiger partial charge is 0.540 e. The van der Waals surface area contributed by atoms with Crippen molar-refractivity contribution in [2.45, 2.75) is 45.1 Å². The van der Waals surface area contributed by atoms with Gasteiger partial charge in [-0.2, -0.15) is 0 Å². The molecule has 0 aliphatic carbocycles. The van der Waals surface area contributed by atoms with Crippen LogP contribution >= 0.6 is 0 Å². The Labute approximate surface area is 164 Å². The van der Waals surface area contributed by atoms with Crippen LogP contribution in [0.3, 0.4) is 0 Å². The van der Waals surface area contributed by atoms with E-state index in [-0.39, 0.29) is 18.3 Å². The molecule has 0 saturated carbocycles. The summed E-state index contributed by atoms with van der Waals surface area (Å²) in [5.74, 6) is 0. The predicted molar refractivity (Wildman–Crippen MR) is 115 cm³/mol. The van der Waals surface area contributed by atoms with Gasteiger partial charge < -0.3 is 14.6 Å². The molecule has 0 fully saturated rings. The van der Waals surface area contributed by atoms with E-state index in [1.165, 1.54) is 10.4 Å². The maximum Gasteiger partial charge on any atom is 0.319 e. The maximum absolute atomic E-state index is 9.41. The van der Waals surface area contributed by atoms with Crippen LogP contribution in [-0.4, -0.2) is 31.7 Å². The Bertz CT molecular complexity index is 666. The highest BCUT2D eigenvalue weighted by Gasteiger charge is 2.51. The Morgan fingerprint density at radius 3 is 1.78 bits per heavy atom. The molecule has 0 aliphatic heterocycles. The first-order valence-electron chi connectivity index (χ1n) is 9.64. The van der Waals surface area contributed by atoms with E-state index in [1.807, 2.05) is 18.4 Å². The number of aliphatic hydroxyl groups is 2. The van der Waals surface area contributed by atoms with Crippen LogP contribution in [0.15, 0.2) is 72.5 Å². The van der Waals surface area contributed by atoms with E-state index in [0.717, 1.165) is 12.0 Å². The highest BCUT2D eigenvalue weighted by molar-refractivity contribution is 6.99. The summed E-state index contributed by atoms with van der Waals surface area (Å²) in [5.41, 5.74) is 1.04. The van der Waals surface area contributed by atoms with E-state index >= 15 is 0 Å². The lowest BCUT2D eigenvalue weighted by Gasteiger charge is -2.42. The smallest absolute Gasteiger partial charge is 0.319 e. The quantitative estimate of drug-likeness (QED) is 0.513. The first-order valence-corrected chi connectivity index (χ1v) is 11.5. The topological polar surface area (TPSA) is 49.7 Å². The standard InChI is InChI=1S/C23H32O3Si/c1-23(2,3)27(21-12-6-4-7-13-21,22-14-8-5-9-15-22)26-19-20(16-18-25)11-10-17-24/h4-9,12-15,19,24-25H,10-11,16-18H2,1-3H3. The first-order chi connectivity index (χ1) is 13.0. The van der Waals surface area contributed by atoms with Gasteiger partial charge in [0.25, 0.3) is 0 Å². The minimum absolute atomic E-state index is 0.0847. The summed E-state index contributed by atoms with van der Waals surface area (Å²) in [6, 6.07) is 21.0. The molecular formula is C23H32O3Si. The summed E-state index contributed by atoms with van der Waals surface area (Å²) in [6.45, 7) is 6.95. The lowest BCUT2D eigenvalue weighted by atomic mass is 10.1. The second kappa shape index (κ2) is 9.88. The fraction of sp³-hybridized carbons (Fsp3) is 0.391. The van der Waals surface area contributed by atoms with Gasteiger partial charge in [-0.15, -0.1) is 0 Å². The Balaban J connectivity index is 2.58. The molecular weight excluding hydrogens is 352 g/mol. The monoisotopic (exact) mass is 384 g/mol. The number of rotatable bonds is 9. The Morgan fingerprint density at radius 2 is 1.37 bits per heavy atom. The SMILES string of the molecule is CC(C)(C)[Si](OC=C(CCO)CCCO)(c1ccccc1)c1ccccc1. The molecule has 27 heavy (non-hydrogen) atoms. The minimum Gasteiger partial charge on any atom is -0.540 e. The molecule has 2 rings (SSSR count). The Kier molecular flexibility index (Phi) is 7.84. The van der Waals surface area contributed by atoms with Crippen LogP contribution in [0.4, 0.5) is 0 Å². The van der Waals surface area contributed by atoms with Crippen molar-refractivity contribution in [3.8, 4) is 0 Å². The van der Waals surface area contributed by atoms with Gasteiger partial charge in [0.15, 0.2) is 0 Å². The molecule has 0 atom stereocenters. The van der Waals surface area contributed by atoms with Crippen LogP contribution in [0.5, 0.6) is 0 Å². The first kappa shape index (κ1) is 21.4. The molecule has 0 aromatic heterocycles. The molecule has 4 heteroatoms. The van der Waals surface area contributed by atoms with Gasteiger partial charge in [0, 0.05) is 13.2 Å². The third-order valence-corrected chi connectivity index (χ3v) is 9.78. The number of hydrogen-bond donors (Lipinski definition) is 2. The molecule has 0 unspecified atom stereocenters. The molecule has 146 valence electrons. The lowest BCUT2D eigenvalue weighted by molar-refractivity contribution is 0.278. The molecule has 0 saturated heterocycles. The molecule has 3 nitrogen and oxygen atoms in total. The molecule has 0 amide bonds. The number of benzene rings is 2. The van der Waals surface area contributed by atoms with Crippen molar-refractivity contribution in [3.63, 3.8) is 0 Å². The molecule has 2 N–H and O–H groups in total. The van der Waals surface area contributed by atoms with Crippen LogP contribution in [-0.2, 0) is 4.43 Å². The number of aliphatic hydroxyl groups excluding tert-OH is 2. The van der Waals surface area contributed by atoms with Gasteiger partial charge in [-0.05, 0) is 40.2 Å². The van der Waals surface area contributed by atoms with Crippen molar-refractivity contribution in [1.29, 1.82) is 0 Å². The van der Waals surface area contributed by atoms with Crippen LogP contribution in [0.1, 0.15) is 40.0 Å². The van der Waals surface area contributed by atoms with Gasteiger partial charge >= 0.3 is 8.32 Å². The summed E-state index contributed by atoms with van der Waals surface area (Å²) in [5, 5.41) is 21.0. The highest BCUT2D eigenvalue weighted by Crippen LogP contribution is 2.37. The van der Waals surface area contributed by atoms with Crippen LogP contribution < -0.4 is 10.4 Å². The third-order valence-electron chi connectivity index (χ3n) is 4.91. The van der Waals surface area contributed by atoms with Gasteiger partial charge in [0.2, 0.25) is 0 Å². The van der Waals surface area contributed by atoms with Crippen molar-refractivity contribution in [1.82, 2.24) is 0 Å². The second-order valence-corrected chi connectivity index (χ2v) is 12.1. The molecule has 0 heterocycles. The lowest BCUT2D eigenvalue weighted by Crippen LogP contribution is -2.65. The predicted octanol–water partition coefficient (Wildman–Crippen LogP) is 3.60. The Hall–Kier alpha value is -1.88. The maximum atomic E-state index is 9.41. The highest BCUT2D eigenvalue weighted by atomic mass is 28.4. The fourth-order valence-electron chi connectivity index (χ4n) is 3.56. The Morgan fingerprint density at radius 1 is 0.852 bits per heavy atom. The van der Waals surface area contributed by atoms with Crippen molar-refractivity contribution in [3.05, 3.63) is 72.5 Å². The van der Waals surface area contributed by atoms with E-state index in [2.05, 4.69) is 69.3 Å². The van der Waals surface area contributed by atoms with Crippen LogP contribution in [0.2, 0.25) is 5.04 Å². The fourth-order valence-corrected chi connectivity index (χ4v) is 7.91. The van der Waals surface area contributed by atoms with Gasteiger partial charge in [0.1, 0.15) is 0 Å². The molecule has 0 aliphatic rings. The molecule has 0 bridgehead atoms. The minimum atomic E-state index is -2.60. The van der Waals surface area contributed by atoms with Crippen LogP contribution in [0, 0.1) is 0 Å². The van der Waals surface area contributed by atoms with Gasteiger partial charge in [-0.25, -0.2) is 0 Å². The zero-order chi connectivity index (χ0) is 19.8. The van der Waals surface area contributed by atoms with Gasteiger partial charge in [0.05, 0.1) is 6.26 Å². The van der Waals surface area contributed by atoms with E-state index in [4.69, 9.17) is 4.43 Å². The molecule has 0 radical (unpaired) electrons. The van der Waals surface area contributed by atoms with Gasteiger partial charge in [-0.3, -0.25) is 0 Å². The van der Waals surface area contributed by atoms with E-state index in [0.29, 0.717) is 12.8 Å². The molecule has 0 spiro atoms. The van der Waals surface area contributed by atoms with Crippen LogP contribution in [0.25, 0.3) is 0 Å². The van der Waals surface area contributed by atoms with Gasteiger partial charge in [-0.1, -0.05) is 81.4 Å². The average molecular weight is 385 g/mol. The normalized spacial score (nSPS) is 12.9. The van der Waals surface area contributed by atoms with E-state index in [9.17, 15) is 10.2 Å². The third kappa shape index (κ3) is 5.10. The zero-order valence-corrected chi connectivity index (χ0v) is 17.7. The summed E-state index contributed by atoms with van der Waals surface area (Å²) in [7, 11) is -2.60. The zero-order valence-electron chi connectivity index (χ0n) is 16.7.